The fraction of sp³-hybridized carbons (Fsp3) is 0.316. The molecule has 0 saturated carbocycles. The van der Waals surface area contributed by atoms with Crippen molar-refractivity contribution in [1.82, 2.24) is 20.3 Å². The molecule has 1 aliphatic rings. The summed E-state index contributed by atoms with van der Waals surface area (Å²) in [4.78, 5) is 26.3. The molecule has 3 heterocycles. The zero-order chi connectivity index (χ0) is 19.0. The van der Waals surface area contributed by atoms with Gasteiger partial charge in [-0.05, 0) is 43.2 Å². The van der Waals surface area contributed by atoms with Crippen LogP contribution in [0.4, 0.5) is 10.2 Å². The lowest BCUT2D eigenvalue weighted by atomic mass is 10.00. The van der Waals surface area contributed by atoms with Crippen LogP contribution >= 0.6 is 0 Å². The van der Waals surface area contributed by atoms with Crippen LogP contribution in [-0.4, -0.2) is 46.0 Å². The smallest absolute Gasteiger partial charge is 0.251 e. The number of halogens is 1. The van der Waals surface area contributed by atoms with E-state index in [0.29, 0.717) is 18.7 Å². The van der Waals surface area contributed by atoms with E-state index >= 15 is 0 Å². The van der Waals surface area contributed by atoms with Crippen LogP contribution in [0.3, 0.4) is 0 Å². The molecule has 3 aromatic rings. The minimum atomic E-state index is -0.558. The van der Waals surface area contributed by atoms with Crippen LogP contribution in [0, 0.1) is 12.7 Å². The molecule has 1 aliphatic heterocycles. The Labute approximate surface area is 155 Å². The SMILES string of the molecule is Cc1c[nH]c2ncnc(N3CCC(N)(CNC(=O)c4ccc(F)cc4)C3)c12. The number of hydrogen-bond acceptors (Lipinski definition) is 5. The van der Waals surface area contributed by atoms with Gasteiger partial charge in [-0.1, -0.05) is 0 Å². The lowest BCUT2D eigenvalue weighted by Crippen LogP contribution is -2.52. The van der Waals surface area contributed by atoms with Crippen molar-refractivity contribution in [3.8, 4) is 0 Å². The Bertz CT molecular complexity index is 986. The summed E-state index contributed by atoms with van der Waals surface area (Å²) in [6.07, 6.45) is 4.18. The predicted molar refractivity (Wildman–Crippen MR) is 101 cm³/mol. The molecule has 8 heteroatoms. The molecule has 4 rings (SSSR count). The topological polar surface area (TPSA) is 99.9 Å². The number of amides is 1. The maximum atomic E-state index is 13.0. The van der Waals surface area contributed by atoms with Gasteiger partial charge in [0.1, 0.15) is 23.6 Å². The lowest BCUT2D eigenvalue weighted by molar-refractivity contribution is 0.0945. The summed E-state index contributed by atoms with van der Waals surface area (Å²) in [6, 6.07) is 5.45. The largest absolute Gasteiger partial charge is 0.354 e. The monoisotopic (exact) mass is 368 g/mol. The minimum absolute atomic E-state index is 0.260. The summed E-state index contributed by atoms with van der Waals surface area (Å²) >= 11 is 0. The molecule has 4 N–H and O–H groups in total. The second kappa shape index (κ2) is 6.62. The van der Waals surface area contributed by atoms with E-state index in [-0.39, 0.29) is 11.7 Å². The Balaban J connectivity index is 1.45. The first-order valence-corrected chi connectivity index (χ1v) is 8.81. The van der Waals surface area contributed by atoms with Crippen molar-refractivity contribution >= 4 is 22.8 Å². The van der Waals surface area contributed by atoms with Gasteiger partial charge in [0, 0.05) is 31.4 Å². The third-order valence-corrected chi connectivity index (χ3v) is 5.04. The first-order valence-electron chi connectivity index (χ1n) is 8.81. The molecule has 1 saturated heterocycles. The number of aromatic nitrogens is 3. The van der Waals surface area contributed by atoms with E-state index in [1.54, 1.807) is 6.33 Å². The number of hydrogen-bond donors (Lipinski definition) is 3. The van der Waals surface area contributed by atoms with Crippen molar-refractivity contribution in [3.63, 3.8) is 0 Å². The maximum Gasteiger partial charge on any atom is 0.251 e. The van der Waals surface area contributed by atoms with Gasteiger partial charge >= 0.3 is 0 Å². The molecule has 1 unspecified atom stereocenters. The van der Waals surface area contributed by atoms with Crippen molar-refractivity contribution in [2.75, 3.05) is 24.5 Å². The van der Waals surface area contributed by atoms with Gasteiger partial charge in [-0.2, -0.15) is 0 Å². The second-order valence-corrected chi connectivity index (χ2v) is 7.12. The van der Waals surface area contributed by atoms with Crippen LogP contribution in [0.5, 0.6) is 0 Å². The number of aromatic amines is 1. The normalized spacial score (nSPS) is 19.6. The van der Waals surface area contributed by atoms with Crippen molar-refractivity contribution < 1.29 is 9.18 Å². The van der Waals surface area contributed by atoms with E-state index in [1.807, 2.05) is 13.1 Å². The van der Waals surface area contributed by atoms with Crippen LogP contribution in [-0.2, 0) is 0 Å². The van der Waals surface area contributed by atoms with E-state index in [0.717, 1.165) is 35.4 Å². The van der Waals surface area contributed by atoms with Crippen molar-refractivity contribution in [2.24, 2.45) is 5.73 Å². The molecule has 0 aliphatic carbocycles. The van der Waals surface area contributed by atoms with Gasteiger partial charge in [0.05, 0.1) is 10.9 Å². The van der Waals surface area contributed by atoms with Crippen molar-refractivity contribution in [1.29, 1.82) is 0 Å². The Kier molecular flexibility index (Phi) is 4.27. The molecule has 1 amide bonds. The number of rotatable bonds is 4. The van der Waals surface area contributed by atoms with Gasteiger partial charge in [0.2, 0.25) is 0 Å². The van der Waals surface area contributed by atoms with Gasteiger partial charge in [0.25, 0.3) is 5.91 Å². The number of benzene rings is 1. The summed E-state index contributed by atoms with van der Waals surface area (Å²) in [5, 5.41) is 3.86. The molecule has 0 bridgehead atoms. The number of nitrogens with two attached hydrogens (primary N) is 1. The molecule has 1 atom stereocenters. The highest BCUT2D eigenvalue weighted by Crippen LogP contribution is 2.30. The van der Waals surface area contributed by atoms with E-state index in [1.165, 1.54) is 24.3 Å². The molecule has 27 heavy (non-hydrogen) atoms. The highest BCUT2D eigenvalue weighted by molar-refractivity contribution is 5.94. The average Bonchev–Trinajstić information content (AvgIpc) is 3.24. The summed E-state index contributed by atoms with van der Waals surface area (Å²) in [5.41, 5.74) is 8.27. The minimum Gasteiger partial charge on any atom is -0.354 e. The number of nitrogens with one attached hydrogen (secondary N) is 2. The zero-order valence-electron chi connectivity index (χ0n) is 15.0. The maximum absolute atomic E-state index is 13.0. The Morgan fingerprint density at radius 1 is 1.37 bits per heavy atom. The van der Waals surface area contributed by atoms with E-state index in [2.05, 4.69) is 25.2 Å². The van der Waals surface area contributed by atoms with E-state index in [4.69, 9.17) is 5.73 Å². The standard InChI is InChI=1S/C19H21FN6O/c1-12-8-22-16-15(12)17(25-11-24-16)26-7-6-19(21,10-26)9-23-18(27)13-2-4-14(20)5-3-13/h2-5,8,11H,6-7,9-10,21H2,1H3,(H,23,27)(H,22,24,25). The quantitative estimate of drug-likeness (QED) is 0.651. The number of anilines is 1. The van der Waals surface area contributed by atoms with E-state index in [9.17, 15) is 9.18 Å². The predicted octanol–water partition coefficient (Wildman–Crippen LogP) is 1.74. The van der Waals surface area contributed by atoms with E-state index < -0.39 is 5.54 Å². The number of H-pyrrole nitrogens is 1. The summed E-state index contributed by atoms with van der Waals surface area (Å²) in [7, 11) is 0. The highest BCUT2D eigenvalue weighted by Gasteiger charge is 2.36. The fourth-order valence-corrected chi connectivity index (χ4v) is 3.52. The number of fused-ring (bicyclic) bond motifs is 1. The first kappa shape index (κ1) is 17.4. The summed E-state index contributed by atoms with van der Waals surface area (Å²) < 4.78 is 13.0. The molecular weight excluding hydrogens is 347 g/mol. The fourth-order valence-electron chi connectivity index (χ4n) is 3.52. The average molecular weight is 368 g/mol. The van der Waals surface area contributed by atoms with Crippen LogP contribution in [0.2, 0.25) is 0 Å². The number of aryl methyl sites for hydroxylation is 1. The molecule has 0 spiro atoms. The Morgan fingerprint density at radius 2 is 2.15 bits per heavy atom. The van der Waals surface area contributed by atoms with Gasteiger partial charge in [-0.25, -0.2) is 14.4 Å². The molecule has 140 valence electrons. The van der Waals surface area contributed by atoms with Crippen molar-refractivity contribution in [2.45, 2.75) is 18.9 Å². The third kappa shape index (κ3) is 3.35. The van der Waals surface area contributed by atoms with Gasteiger partial charge < -0.3 is 20.9 Å². The van der Waals surface area contributed by atoms with Crippen LogP contribution in [0.1, 0.15) is 22.3 Å². The lowest BCUT2D eigenvalue weighted by Gasteiger charge is -2.25. The molecule has 7 nitrogen and oxygen atoms in total. The zero-order valence-corrected chi connectivity index (χ0v) is 15.0. The summed E-state index contributed by atoms with van der Waals surface area (Å²) in [5.74, 6) is 0.226. The third-order valence-electron chi connectivity index (χ3n) is 5.04. The van der Waals surface area contributed by atoms with Gasteiger partial charge in [-0.15, -0.1) is 0 Å². The molecule has 1 fully saturated rings. The molecule has 1 aromatic carbocycles. The molecular formula is C19H21FN6O. The van der Waals surface area contributed by atoms with Crippen LogP contribution in [0.25, 0.3) is 11.0 Å². The number of carbonyl (C=O) groups excluding carboxylic acids is 1. The Morgan fingerprint density at radius 3 is 2.93 bits per heavy atom. The highest BCUT2D eigenvalue weighted by atomic mass is 19.1. The van der Waals surface area contributed by atoms with Crippen molar-refractivity contribution in [3.05, 3.63) is 53.7 Å². The number of carbonyl (C=O) groups is 1. The summed E-state index contributed by atoms with van der Waals surface area (Å²) in [6.45, 7) is 3.67. The van der Waals surface area contributed by atoms with Crippen LogP contribution in [0.15, 0.2) is 36.8 Å². The molecule has 0 radical (unpaired) electrons. The van der Waals surface area contributed by atoms with Gasteiger partial charge in [-0.3, -0.25) is 4.79 Å². The first-order chi connectivity index (χ1) is 13.0. The molecule has 2 aromatic heterocycles. The van der Waals surface area contributed by atoms with Crippen LogP contribution < -0.4 is 16.0 Å². The Hall–Kier alpha value is -3.00. The second-order valence-electron chi connectivity index (χ2n) is 7.12. The number of nitrogens with zero attached hydrogens (tertiary/aromatic N) is 3. The van der Waals surface area contributed by atoms with Gasteiger partial charge in [0.15, 0.2) is 0 Å².